The lowest BCUT2D eigenvalue weighted by molar-refractivity contribution is -0.756. The zero-order valence-corrected chi connectivity index (χ0v) is 9.20. The molecule has 0 amide bonds. The van der Waals surface area contributed by atoms with E-state index in [2.05, 4.69) is 10.3 Å². The van der Waals surface area contributed by atoms with Gasteiger partial charge in [-0.25, -0.2) is 0 Å². The average Bonchev–Trinajstić information content (AvgIpc) is 2.60. The molecule has 0 saturated heterocycles. The Labute approximate surface area is 89.6 Å². The Balaban J connectivity index is 2.00. The minimum Gasteiger partial charge on any atom is -0.168 e. The minimum absolute atomic E-state index is 0.533. The van der Waals surface area contributed by atoms with E-state index in [4.69, 9.17) is 0 Å². The Hall–Kier alpha value is -1.19. The second-order valence-electron chi connectivity index (χ2n) is 4.50. The van der Waals surface area contributed by atoms with E-state index in [9.17, 15) is 4.91 Å². The molecule has 0 aliphatic heterocycles. The first kappa shape index (κ1) is 10.3. The molecule has 2 rings (SSSR count). The number of nitrogens with zero attached hydrogens (tertiary/aromatic N) is 2. The highest BCUT2D eigenvalue weighted by molar-refractivity contribution is 5.35. The zero-order valence-electron chi connectivity index (χ0n) is 9.20. The maximum absolute atomic E-state index is 10.4. The number of nitrogens with one attached hydrogen (secondary N) is 1. The van der Waals surface area contributed by atoms with Crippen LogP contribution in [-0.2, 0) is 6.54 Å². The van der Waals surface area contributed by atoms with Crippen molar-refractivity contribution < 1.29 is 4.68 Å². The summed E-state index contributed by atoms with van der Waals surface area (Å²) in [6.45, 7) is 2.88. The van der Waals surface area contributed by atoms with Crippen LogP contribution in [0.2, 0.25) is 0 Å². The predicted molar refractivity (Wildman–Crippen MR) is 57.8 cm³/mol. The number of aromatic nitrogens is 2. The van der Waals surface area contributed by atoms with E-state index < -0.39 is 0 Å². The maximum atomic E-state index is 10.4. The van der Waals surface area contributed by atoms with E-state index in [-0.39, 0.29) is 0 Å². The fraction of sp³-hybridized carbons (Fsp3) is 0.727. The van der Waals surface area contributed by atoms with Crippen molar-refractivity contribution in [1.29, 1.82) is 0 Å². The summed E-state index contributed by atoms with van der Waals surface area (Å²) in [6, 6.07) is 0. The highest BCUT2D eigenvalue weighted by atomic mass is 16.3. The number of H-pyrrole nitrogens is 1. The van der Waals surface area contributed by atoms with Crippen molar-refractivity contribution in [3.63, 3.8) is 0 Å². The summed E-state index contributed by atoms with van der Waals surface area (Å²) in [7, 11) is 0. The van der Waals surface area contributed by atoms with Crippen LogP contribution in [0.4, 0.5) is 5.69 Å². The van der Waals surface area contributed by atoms with E-state index in [0.29, 0.717) is 5.69 Å². The van der Waals surface area contributed by atoms with Crippen LogP contribution in [0.3, 0.4) is 0 Å². The molecule has 1 aliphatic rings. The molecule has 0 radical (unpaired) electrons. The van der Waals surface area contributed by atoms with Gasteiger partial charge in [-0.1, -0.05) is 19.3 Å². The third kappa shape index (κ3) is 2.43. The summed E-state index contributed by atoms with van der Waals surface area (Å²) in [4.78, 5) is 10.4. The van der Waals surface area contributed by atoms with Crippen molar-refractivity contribution in [2.45, 2.75) is 45.6 Å². The fourth-order valence-electron chi connectivity index (χ4n) is 2.39. The fourth-order valence-corrected chi connectivity index (χ4v) is 2.39. The van der Waals surface area contributed by atoms with Gasteiger partial charge in [0.25, 0.3) is 0 Å². The van der Waals surface area contributed by atoms with Crippen LogP contribution in [0.5, 0.6) is 0 Å². The molecule has 0 spiro atoms. The van der Waals surface area contributed by atoms with Crippen molar-refractivity contribution in [3.05, 3.63) is 16.8 Å². The van der Waals surface area contributed by atoms with Crippen molar-refractivity contribution >= 4 is 5.69 Å². The van der Waals surface area contributed by atoms with Crippen LogP contribution in [0.1, 0.15) is 37.8 Å². The molecule has 15 heavy (non-hydrogen) atoms. The topological polar surface area (TPSA) is 49.1 Å². The van der Waals surface area contributed by atoms with E-state index >= 15 is 0 Å². The van der Waals surface area contributed by atoms with Crippen LogP contribution in [0, 0.1) is 17.7 Å². The van der Waals surface area contributed by atoms with Gasteiger partial charge in [-0.15, -0.1) is 9.59 Å². The SMILES string of the molecule is Cc1[nH][n+](CC2CCCCC2)cc1N=O. The minimum atomic E-state index is 0.533. The van der Waals surface area contributed by atoms with Gasteiger partial charge in [0.1, 0.15) is 5.69 Å². The lowest BCUT2D eigenvalue weighted by Gasteiger charge is -2.17. The molecule has 4 nitrogen and oxygen atoms in total. The van der Waals surface area contributed by atoms with Crippen LogP contribution < -0.4 is 4.68 Å². The van der Waals surface area contributed by atoms with Gasteiger partial charge >= 0.3 is 0 Å². The molecular weight excluding hydrogens is 190 g/mol. The summed E-state index contributed by atoms with van der Waals surface area (Å²) >= 11 is 0. The van der Waals surface area contributed by atoms with Crippen molar-refractivity contribution in [2.75, 3.05) is 0 Å². The molecule has 0 unspecified atom stereocenters. The number of aryl methyl sites for hydroxylation is 1. The van der Waals surface area contributed by atoms with Gasteiger partial charge in [-0.3, -0.25) is 0 Å². The highest BCUT2D eigenvalue weighted by Crippen LogP contribution is 2.23. The third-order valence-corrected chi connectivity index (χ3v) is 3.25. The average molecular weight is 208 g/mol. The van der Waals surface area contributed by atoms with E-state index in [1.54, 1.807) is 0 Å². The highest BCUT2D eigenvalue weighted by Gasteiger charge is 2.20. The van der Waals surface area contributed by atoms with Crippen LogP contribution in [0.25, 0.3) is 0 Å². The van der Waals surface area contributed by atoms with Gasteiger partial charge < -0.3 is 0 Å². The summed E-state index contributed by atoms with van der Waals surface area (Å²) < 4.78 is 2.00. The smallest absolute Gasteiger partial charge is 0.168 e. The van der Waals surface area contributed by atoms with Gasteiger partial charge in [-0.2, -0.15) is 5.10 Å². The first-order valence-corrected chi connectivity index (χ1v) is 5.72. The third-order valence-electron chi connectivity index (χ3n) is 3.25. The molecule has 1 N–H and O–H groups in total. The van der Waals surface area contributed by atoms with Crippen molar-refractivity contribution in [1.82, 2.24) is 5.10 Å². The molecule has 0 bridgehead atoms. The van der Waals surface area contributed by atoms with Crippen LogP contribution >= 0.6 is 0 Å². The summed E-state index contributed by atoms with van der Waals surface area (Å²) in [5, 5.41) is 6.15. The van der Waals surface area contributed by atoms with Gasteiger partial charge in [0.15, 0.2) is 12.2 Å². The van der Waals surface area contributed by atoms with E-state index in [0.717, 1.165) is 18.2 Å². The zero-order chi connectivity index (χ0) is 10.7. The number of aromatic amines is 1. The maximum Gasteiger partial charge on any atom is 0.224 e. The number of hydrogen-bond acceptors (Lipinski definition) is 2. The number of nitroso groups, excluding NO2 is 1. The quantitative estimate of drug-likeness (QED) is 0.602. The first-order chi connectivity index (χ1) is 7.29. The molecule has 82 valence electrons. The largest absolute Gasteiger partial charge is 0.224 e. The Morgan fingerprint density at radius 2 is 2.20 bits per heavy atom. The molecule has 1 fully saturated rings. The summed E-state index contributed by atoms with van der Waals surface area (Å²) in [5.41, 5.74) is 1.40. The second-order valence-corrected chi connectivity index (χ2v) is 4.50. The Morgan fingerprint density at radius 3 is 2.80 bits per heavy atom. The molecule has 1 saturated carbocycles. The van der Waals surface area contributed by atoms with Crippen molar-refractivity contribution in [3.8, 4) is 0 Å². The lowest BCUT2D eigenvalue weighted by atomic mass is 9.89. The Bertz CT molecular complexity index is 340. The number of rotatable bonds is 3. The molecule has 1 aromatic rings. The molecule has 0 atom stereocenters. The van der Waals surface area contributed by atoms with Crippen molar-refractivity contribution in [2.24, 2.45) is 11.1 Å². The van der Waals surface area contributed by atoms with Gasteiger partial charge in [0.2, 0.25) is 6.20 Å². The molecule has 1 aromatic heterocycles. The number of hydrogen-bond donors (Lipinski definition) is 1. The normalized spacial score (nSPS) is 17.9. The predicted octanol–water partition coefficient (Wildman–Crippen LogP) is 2.59. The van der Waals surface area contributed by atoms with Gasteiger partial charge in [0.05, 0.1) is 0 Å². The molecule has 4 heteroatoms. The summed E-state index contributed by atoms with van der Waals surface area (Å²) in [5.74, 6) is 0.765. The molecular formula is C11H18N3O+. The standard InChI is InChI=1S/C11H17N3O/c1-9-11(13-15)8-14(12-9)7-10-5-3-2-4-6-10/h8,10H,2-7H2,1H3/p+1. The van der Waals surface area contributed by atoms with Gasteiger partial charge in [0, 0.05) is 5.92 Å². The van der Waals surface area contributed by atoms with Crippen LogP contribution in [0.15, 0.2) is 11.4 Å². The van der Waals surface area contributed by atoms with Gasteiger partial charge in [-0.05, 0) is 24.9 Å². The van der Waals surface area contributed by atoms with E-state index in [1.165, 1.54) is 32.1 Å². The first-order valence-electron chi connectivity index (χ1n) is 5.72. The summed E-state index contributed by atoms with van der Waals surface area (Å²) in [6.07, 6.45) is 8.53. The Morgan fingerprint density at radius 1 is 1.47 bits per heavy atom. The second kappa shape index (κ2) is 4.55. The molecule has 1 aliphatic carbocycles. The van der Waals surface area contributed by atoms with Crippen LogP contribution in [-0.4, -0.2) is 5.10 Å². The molecule has 0 aromatic carbocycles. The lowest BCUT2D eigenvalue weighted by Crippen LogP contribution is -2.39. The Kier molecular flexibility index (Phi) is 3.14. The van der Waals surface area contributed by atoms with E-state index in [1.807, 2.05) is 17.8 Å². The molecule has 1 heterocycles. The monoisotopic (exact) mass is 208 g/mol.